The molecular weight excluding hydrogens is 683 g/mol. The number of carbonyl (C=O) groups is 3. The zero-order chi connectivity index (χ0) is 30.1. The second kappa shape index (κ2) is 11.7. The molecule has 0 aromatic heterocycles. The van der Waals surface area contributed by atoms with Crippen LogP contribution < -0.4 is 19.7 Å². The molecule has 3 aromatic rings. The number of amides is 4. The summed E-state index contributed by atoms with van der Waals surface area (Å²) in [6.45, 7) is 2.21. The minimum absolute atomic E-state index is 0.0272. The Kier molecular flexibility index (Phi) is 8.49. The molecule has 0 radical (unpaired) electrons. The lowest BCUT2D eigenvalue weighted by atomic mass is 10.1. The third-order valence-electron chi connectivity index (χ3n) is 5.53. The average Bonchev–Trinajstić information content (AvgIpc) is 2.89. The summed E-state index contributed by atoms with van der Waals surface area (Å²) in [6, 6.07) is 9.79. The predicted molar refractivity (Wildman–Crippen MR) is 147 cm³/mol. The zero-order valence-electron chi connectivity index (χ0n) is 20.6. The smallest absolute Gasteiger partial charge is 0.416 e. The highest BCUT2D eigenvalue weighted by molar-refractivity contribution is 9.11. The number of hydrogen-bond donors (Lipinski definition) is 1. The number of alkyl halides is 3. The van der Waals surface area contributed by atoms with E-state index in [1.165, 1.54) is 30.3 Å². The lowest BCUT2D eigenvalue weighted by molar-refractivity contribution is -0.385. The van der Waals surface area contributed by atoms with Gasteiger partial charge in [0.05, 0.1) is 31.7 Å². The molecular formula is C26H16Br2F3N3O7. The summed E-state index contributed by atoms with van der Waals surface area (Å²) in [6.07, 6.45) is -3.58. The lowest BCUT2D eigenvalue weighted by Gasteiger charge is -2.26. The van der Waals surface area contributed by atoms with Crippen LogP contribution in [-0.2, 0) is 15.8 Å². The number of rotatable bonds is 7. The van der Waals surface area contributed by atoms with Crippen molar-refractivity contribution >= 4 is 67.2 Å². The van der Waals surface area contributed by atoms with Crippen molar-refractivity contribution < 1.29 is 42.0 Å². The molecule has 0 bridgehead atoms. The van der Waals surface area contributed by atoms with Gasteiger partial charge in [-0.2, -0.15) is 13.2 Å². The number of carbonyl (C=O) groups excluding carboxylic acids is 3. The van der Waals surface area contributed by atoms with Crippen molar-refractivity contribution in [3.63, 3.8) is 0 Å². The highest BCUT2D eigenvalue weighted by Gasteiger charge is 2.37. The highest BCUT2D eigenvalue weighted by atomic mass is 79.9. The largest absolute Gasteiger partial charge is 0.494 e. The Bertz CT molecular complexity index is 1590. The predicted octanol–water partition coefficient (Wildman–Crippen LogP) is 7.00. The number of imide groups is 2. The normalized spacial score (nSPS) is 14.7. The second-order valence-electron chi connectivity index (χ2n) is 8.24. The van der Waals surface area contributed by atoms with E-state index in [1.807, 2.05) is 0 Å². The third kappa shape index (κ3) is 6.41. The van der Waals surface area contributed by atoms with Crippen LogP contribution in [0.2, 0.25) is 0 Å². The van der Waals surface area contributed by atoms with Crippen molar-refractivity contribution in [1.29, 1.82) is 0 Å². The Balaban J connectivity index is 1.65. The number of halogens is 5. The Hall–Kier alpha value is -4.24. The molecule has 3 aromatic carbocycles. The first-order valence-corrected chi connectivity index (χ1v) is 13.1. The summed E-state index contributed by atoms with van der Waals surface area (Å²) >= 11 is 6.48. The van der Waals surface area contributed by atoms with E-state index in [9.17, 15) is 37.7 Å². The van der Waals surface area contributed by atoms with Gasteiger partial charge in [0.15, 0.2) is 5.75 Å². The number of nitro benzene ring substituents is 1. The molecule has 4 rings (SSSR count). The molecule has 1 aliphatic rings. The molecule has 212 valence electrons. The maximum absolute atomic E-state index is 13.2. The zero-order valence-corrected chi connectivity index (χ0v) is 23.8. The monoisotopic (exact) mass is 697 g/mol. The van der Waals surface area contributed by atoms with Crippen LogP contribution in [0.15, 0.2) is 69.1 Å². The van der Waals surface area contributed by atoms with E-state index in [1.54, 1.807) is 19.1 Å². The molecule has 0 saturated carbocycles. The summed E-state index contributed by atoms with van der Waals surface area (Å²) in [5.41, 5.74) is -2.03. The molecule has 41 heavy (non-hydrogen) atoms. The standard InChI is InChI=1S/C26H16Br2F3N3O7/c1-2-40-16-6-4-15(5-7-16)33-24(36)17(23(35)32-25(33)37)9-13-10-18(27)22(19(28)11-13)41-21-8-3-14(26(29,30)31)12-20(21)34(38)39/h3-12H,2H2,1H3,(H,32,35,37)/b17-9+. The molecule has 1 aliphatic heterocycles. The van der Waals surface area contributed by atoms with Gasteiger partial charge in [-0.1, -0.05) is 0 Å². The van der Waals surface area contributed by atoms with Crippen molar-refractivity contribution in [2.45, 2.75) is 13.1 Å². The summed E-state index contributed by atoms with van der Waals surface area (Å²) in [7, 11) is 0. The number of hydrogen-bond acceptors (Lipinski definition) is 7. The van der Waals surface area contributed by atoms with E-state index < -0.39 is 45.9 Å². The van der Waals surface area contributed by atoms with E-state index in [4.69, 9.17) is 9.47 Å². The highest BCUT2D eigenvalue weighted by Crippen LogP contribution is 2.43. The number of anilines is 1. The molecule has 1 N–H and O–H groups in total. The molecule has 4 amide bonds. The molecule has 1 saturated heterocycles. The molecule has 0 aliphatic carbocycles. The first-order valence-electron chi connectivity index (χ1n) is 11.5. The van der Waals surface area contributed by atoms with Gasteiger partial charge < -0.3 is 9.47 Å². The first kappa shape index (κ1) is 29.7. The Morgan fingerprint density at radius 3 is 2.22 bits per heavy atom. The quantitative estimate of drug-likeness (QED) is 0.122. The average molecular weight is 699 g/mol. The first-order chi connectivity index (χ1) is 19.3. The number of nitrogens with one attached hydrogen (secondary N) is 1. The van der Waals surface area contributed by atoms with Gasteiger partial charge in [0, 0.05) is 6.07 Å². The molecule has 0 spiro atoms. The van der Waals surface area contributed by atoms with Crippen LogP contribution in [0.1, 0.15) is 18.1 Å². The maximum atomic E-state index is 13.2. The fraction of sp³-hybridized carbons (Fsp3) is 0.115. The van der Waals surface area contributed by atoms with E-state index in [0.717, 1.165) is 11.0 Å². The van der Waals surface area contributed by atoms with Gasteiger partial charge >= 0.3 is 17.9 Å². The fourth-order valence-electron chi connectivity index (χ4n) is 3.71. The number of urea groups is 1. The van der Waals surface area contributed by atoms with Crippen molar-refractivity contribution in [3.05, 3.63) is 90.4 Å². The molecule has 10 nitrogen and oxygen atoms in total. The van der Waals surface area contributed by atoms with Crippen molar-refractivity contribution in [3.8, 4) is 17.2 Å². The number of nitrogens with zero attached hydrogens (tertiary/aromatic N) is 2. The van der Waals surface area contributed by atoms with E-state index >= 15 is 0 Å². The number of ether oxygens (including phenoxy) is 2. The van der Waals surface area contributed by atoms with E-state index in [-0.39, 0.29) is 31.5 Å². The summed E-state index contributed by atoms with van der Waals surface area (Å²) in [5.74, 6) is -1.79. The summed E-state index contributed by atoms with van der Waals surface area (Å²) < 4.78 is 50.4. The van der Waals surface area contributed by atoms with Crippen LogP contribution >= 0.6 is 31.9 Å². The van der Waals surface area contributed by atoms with Crippen molar-refractivity contribution in [2.75, 3.05) is 11.5 Å². The van der Waals surface area contributed by atoms with Crippen molar-refractivity contribution in [1.82, 2.24) is 5.32 Å². The minimum atomic E-state index is -4.80. The Morgan fingerprint density at radius 1 is 1.02 bits per heavy atom. The topological polar surface area (TPSA) is 128 Å². The van der Waals surface area contributed by atoms with Crippen LogP contribution in [0.3, 0.4) is 0 Å². The SMILES string of the molecule is CCOc1ccc(N2C(=O)NC(=O)/C(=C\c3cc(Br)c(Oc4ccc(C(F)(F)F)cc4[N+](=O)[O-])c(Br)c3)C2=O)cc1. The molecule has 0 atom stereocenters. The minimum Gasteiger partial charge on any atom is -0.494 e. The Labute approximate surface area is 246 Å². The van der Waals surface area contributed by atoms with E-state index in [2.05, 4.69) is 37.2 Å². The lowest BCUT2D eigenvalue weighted by Crippen LogP contribution is -2.54. The number of barbiturate groups is 1. The van der Waals surface area contributed by atoms with Gasteiger partial charge in [0.1, 0.15) is 11.3 Å². The van der Waals surface area contributed by atoms with Gasteiger partial charge in [-0.25, -0.2) is 9.69 Å². The maximum Gasteiger partial charge on any atom is 0.416 e. The van der Waals surface area contributed by atoms with Crippen LogP contribution in [0.5, 0.6) is 17.2 Å². The van der Waals surface area contributed by atoms with Gasteiger partial charge in [-0.15, -0.1) is 0 Å². The molecule has 0 unspecified atom stereocenters. The van der Waals surface area contributed by atoms with Gasteiger partial charge in [0.2, 0.25) is 5.75 Å². The molecule has 1 fully saturated rings. The Morgan fingerprint density at radius 2 is 1.66 bits per heavy atom. The third-order valence-corrected chi connectivity index (χ3v) is 6.71. The molecule has 1 heterocycles. The van der Waals surface area contributed by atoms with Gasteiger partial charge in [-0.05, 0) is 99.0 Å². The number of benzene rings is 3. The fourth-order valence-corrected chi connectivity index (χ4v) is 5.09. The second-order valence-corrected chi connectivity index (χ2v) is 9.95. The number of nitro groups is 1. The van der Waals surface area contributed by atoms with Crippen molar-refractivity contribution in [2.24, 2.45) is 0 Å². The van der Waals surface area contributed by atoms with Gasteiger partial charge in [0.25, 0.3) is 11.8 Å². The van der Waals surface area contributed by atoms with Crippen LogP contribution in [0, 0.1) is 10.1 Å². The summed E-state index contributed by atoms with van der Waals surface area (Å²) in [4.78, 5) is 49.4. The van der Waals surface area contributed by atoms with E-state index in [0.29, 0.717) is 24.5 Å². The van der Waals surface area contributed by atoms with Crippen LogP contribution in [0.4, 0.5) is 29.3 Å². The van der Waals surface area contributed by atoms with Crippen LogP contribution in [0.25, 0.3) is 6.08 Å². The summed E-state index contributed by atoms with van der Waals surface area (Å²) in [5, 5.41) is 13.5. The van der Waals surface area contributed by atoms with Gasteiger partial charge in [-0.3, -0.25) is 25.0 Å². The molecule has 15 heteroatoms. The van der Waals surface area contributed by atoms with Crippen LogP contribution in [-0.4, -0.2) is 29.4 Å².